The summed E-state index contributed by atoms with van der Waals surface area (Å²) < 4.78 is 18.3. The molecule has 0 spiro atoms. The first-order valence-corrected chi connectivity index (χ1v) is 8.68. The predicted molar refractivity (Wildman–Crippen MR) is 102 cm³/mol. The third-order valence-corrected chi connectivity index (χ3v) is 3.91. The quantitative estimate of drug-likeness (QED) is 0.645. The smallest absolute Gasteiger partial charge is 0.258 e. The van der Waals surface area contributed by atoms with E-state index in [-0.39, 0.29) is 24.2 Å². The molecule has 1 aromatic carbocycles. The van der Waals surface area contributed by atoms with Crippen molar-refractivity contribution in [1.82, 2.24) is 20.5 Å². The molecule has 3 aromatic rings. The maximum atomic E-state index is 13.0. The average Bonchev–Trinajstić information content (AvgIpc) is 2.73. The molecule has 0 atom stereocenters. The highest BCUT2D eigenvalue weighted by molar-refractivity contribution is 5.77. The minimum atomic E-state index is -0.267. The molecule has 1 N–H and O–H groups in total. The van der Waals surface area contributed by atoms with E-state index in [0.717, 1.165) is 11.1 Å². The Morgan fingerprint density at radius 3 is 2.61 bits per heavy atom. The zero-order chi connectivity index (χ0) is 19.8. The summed E-state index contributed by atoms with van der Waals surface area (Å²) in [5.74, 6) is 0.369. The molecule has 0 saturated heterocycles. The molecule has 0 aliphatic rings. The number of carbonyl (C=O) groups is 1. The fourth-order valence-corrected chi connectivity index (χ4v) is 2.43. The summed E-state index contributed by atoms with van der Waals surface area (Å²) in [6.07, 6.45) is 3.36. The van der Waals surface area contributed by atoms with Crippen LogP contribution in [0, 0.1) is 5.82 Å². The summed E-state index contributed by atoms with van der Waals surface area (Å²) in [6, 6.07) is 13.4. The molecule has 2 heterocycles. The van der Waals surface area contributed by atoms with Crippen LogP contribution >= 0.6 is 0 Å². The number of amides is 1. The number of nitrogens with one attached hydrogen (secondary N) is 1. The molecule has 0 fully saturated rings. The molecule has 0 aliphatic carbocycles. The first-order chi connectivity index (χ1) is 13.6. The molecule has 0 saturated carbocycles. The Labute approximate surface area is 162 Å². The van der Waals surface area contributed by atoms with E-state index < -0.39 is 0 Å². The zero-order valence-corrected chi connectivity index (χ0v) is 15.4. The van der Waals surface area contributed by atoms with Gasteiger partial charge in [-0.2, -0.15) is 0 Å². The van der Waals surface area contributed by atoms with Crippen LogP contribution in [-0.2, 0) is 17.9 Å². The number of anilines is 1. The third-order valence-electron chi connectivity index (χ3n) is 3.91. The van der Waals surface area contributed by atoms with Gasteiger partial charge in [0, 0.05) is 38.6 Å². The molecule has 0 bridgehead atoms. The predicted octanol–water partition coefficient (Wildman–Crippen LogP) is 2.34. The van der Waals surface area contributed by atoms with Crippen molar-refractivity contribution in [1.29, 1.82) is 0 Å². The van der Waals surface area contributed by atoms with Gasteiger partial charge in [0.1, 0.15) is 5.82 Å². The fourth-order valence-electron chi connectivity index (χ4n) is 2.43. The van der Waals surface area contributed by atoms with Gasteiger partial charge >= 0.3 is 0 Å². The topological polar surface area (TPSA) is 80.2 Å². The van der Waals surface area contributed by atoms with E-state index in [4.69, 9.17) is 4.74 Å². The van der Waals surface area contributed by atoms with Gasteiger partial charge in [0.2, 0.25) is 5.88 Å². The van der Waals surface area contributed by atoms with E-state index in [9.17, 15) is 9.18 Å². The van der Waals surface area contributed by atoms with Crippen molar-refractivity contribution in [3.8, 4) is 5.88 Å². The van der Waals surface area contributed by atoms with Gasteiger partial charge < -0.3 is 15.0 Å². The average molecular weight is 381 g/mol. The molecule has 2 aromatic heterocycles. The van der Waals surface area contributed by atoms with E-state index in [0.29, 0.717) is 18.9 Å². The second-order valence-electron chi connectivity index (χ2n) is 6.14. The molecule has 1 amide bonds. The molecule has 0 unspecified atom stereocenters. The summed E-state index contributed by atoms with van der Waals surface area (Å²) >= 11 is 0. The number of benzene rings is 1. The van der Waals surface area contributed by atoms with Crippen molar-refractivity contribution < 1.29 is 13.9 Å². The van der Waals surface area contributed by atoms with Gasteiger partial charge in [-0.1, -0.05) is 18.2 Å². The van der Waals surface area contributed by atoms with Crippen LogP contribution in [0.3, 0.4) is 0 Å². The summed E-state index contributed by atoms with van der Waals surface area (Å²) in [4.78, 5) is 17.7. The molecule has 28 heavy (non-hydrogen) atoms. The van der Waals surface area contributed by atoms with Gasteiger partial charge in [-0.15, -0.1) is 10.2 Å². The number of nitrogens with zero attached hydrogens (tertiary/aromatic N) is 4. The second-order valence-corrected chi connectivity index (χ2v) is 6.14. The highest BCUT2D eigenvalue weighted by Crippen LogP contribution is 2.14. The van der Waals surface area contributed by atoms with Gasteiger partial charge in [-0.25, -0.2) is 4.39 Å². The van der Waals surface area contributed by atoms with Crippen molar-refractivity contribution in [2.45, 2.75) is 13.1 Å². The number of ether oxygens (including phenoxy) is 1. The van der Waals surface area contributed by atoms with E-state index in [1.54, 1.807) is 36.7 Å². The van der Waals surface area contributed by atoms with Crippen LogP contribution in [0.25, 0.3) is 0 Å². The Kier molecular flexibility index (Phi) is 6.46. The lowest BCUT2D eigenvalue weighted by Gasteiger charge is -2.17. The molecule has 7 nitrogen and oxygen atoms in total. The van der Waals surface area contributed by atoms with Gasteiger partial charge in [0.15, 0.2) is 12.4 Å². The van der Waals surface area contributed by atoms with Crippen molar-refractivity contribution in [3.63, 3.8) is 0 Å². The molecular formula is C20H20FN5O2. The van der Waals surface area contributed by atoms with Crippen LogP contribution in [0.2, 0.25) is 0 Å². The summed E-state index contributed by atoms with van der Waals surface area (Å²) in [5, 5.41) is 10.8. The van der Waals surface area contributed by atoms with E-state index >= 15 is 0 Å². The highest BCUT2D eigenvalue weighted by Gasteiger charge is 2.07. The second kappa shape index (κ2) is 9.40. The summed E-state index contributed by atoms with van der Waals surface area (Å²) in [6.45, 7) is 0.792. The minimum Gasteiger partial charge on any atom is -0.466 e. The minimum absolute atomic E-state index is 0.153. The third kappa shape index (κ3) is 5.73. The summed E-state index contributed by atoms with van der Waals surface area (Å²) in [7, 11) is 1.86. The Bertz CT molecular complexity index is 889. The lowest BCUT2D eigenvalue weighted by atomic mass is 10.2. The van der Waals surface area contributed by atoms with Gasteiger partial charge in [-0.3, -0.25) is 9.78 Å². The van der Waals surface area contributed by atoms with Crippen molar-refractivity contribution in [2.75, 3.05) is 18.6 Å². The lowest BCUT2D eigenvalue weighted by Crippen LogP contribution is -2.28. The first kappa shape index (κ1) is 19.2. The molecule has 8 heteroatoms. The number of carbonyl (C=O) groups excluding carboxylic acids is 1. The van der Waals surface area contributed by atoms with Crippen molar-refractivity contribution in [3.05, 3.63) is 77.9 Å². The molecule has 3 rings (SSSR count). The number of hydrogen-bond acceptors (Lipinski definition) is 6. The number of rotatable bonds is 8. The maximum absolute atomic E-state index is 13.0. The number of aromatic nitrogens is 3. The lowest BCUT2D eigenvalue weighted by molar-refractivity contribution is -0.123. The van der Waals surface area contributed by atoms with Crippen LogP contribution in [0.5, 0.6) is 5.88 Å². The highest BCUT2D eigenvalue weighted by atomic mass is 19.1. The molecule has 144 valence electrons. The molecular weight excluding hydrogens is 361 g/mol. The van der Waals surface area contributed by atoms with Crippen LogP contribution in [0.15, 0.2) is 60.9 Å². The number of halogens is 1. The largest absolute Gasteiger partial charge is 0.466 e. The van der Waals surface area contributed by atoms with Crippen molar-refractivity contribution >= 4 is 11.7 Å². The van der Waals surface area contributed by atoms with E-state index in [1.807, 2.05) is 24.1 Å². The van der Waals surface area contributed by atoms with Gasteiger partial charge in [-0.05, 0) is 35.4 Å². The molecule has 0 radical (unpaired) electrons. The van der Waals surface area contributed by atoms with Crippen LogP contribution in [0.4, 0.5) is 10.2 Å². The Morgan fingerprint density at radius 2 is 1.93 bits per heavy atom. The van der Waals surface area contributed by atoms with Gasteiger partial charge in [0.25, 0.3) is 5.91 Å². The Balaban J connectivity index is 1.45. The SMILES string of the molecule is CN(Cc1ccc(F)cc1)c1ccc(OCC(=O)NCc2cccnc2)nn1. The van der Waals surface area contributed by atoms with Crippen molar-refractivity contribution in [2.24, 2.45) is 0 Å². The number of pyridine rings is 1. The zero-order valence-electron chi connectivity index (χ0n) is 15.4. The first-order valence-electron chi connectivity index (χ1n) is 8.68. The number of hydrogen-bond donors (Lipinski definition) is 1. The monoisotopic (exact) mass is 381 g/mol. The van der Waals surface area contributed by atoms with Crippen LogP contribution < -0.4 is 15.0 Å². The maximum Gasteiger partial charge on any atom is 0.258 e. The fraction of sp³-hybridized carbons (Fsp3) is 0.200. The Morgan fingerprint density at radius 1 is 1.11 bits per heavy atom. The standard InChI is InChI=1S/C20H20FN5O2/c1-26(13-15-4-6-17(21)7-5-15)18-8-9-20(25-24-18)28-14-19(27)23-12-16-3-2-10-22-11-16/h2-11H,12-14H2,1H3,(H,23,27). The van der Waals surface area contributed by atoms with Gasteiger partial charge in [0.05, 0.1) is 0 Å². The Hall–Kier alpha value is -3.55. The van der Waals surface area contributed by atoms with Crippen LogP contribution in [0.1, 0.15) is 11.1 Å². The van der Waals surface area contributed by atoms with E-state index in [1.165, 1.54) is 12.1 Å². The summed E-state index contributed by atoms with van der Waals surface area (Å²) in [5.41, 5.74) is 1.86. The normalized spacial score (nSPS) is 10.4. The van der Waals surface area contributed by atoms with E-state index in [2.05, 4.69) is 20.5 Å². The molecule has 0 aliphatic heterocycles. The van der Waals surface area contributed by atoms with Crippen LogP contribution in [-0.4, -0.2) is 34.7 Å².